The van der Waals surface area contributed by atoms with Crippen molar-refractivity contribution in [2.45, 2.75) is 32.2 Å². The number of ether oxygens (including phenoxy) is 1. The Labute approximate surface area is 141 Å². The second-order valence-corrected chi connectivity index (χ2v) is 6.34. The number of anilines is 1. The molecule has 1 aromatic heterocycles. The highest BCUT2D eigenvalue weighted by Gasteiger charge is 2.28. The molecule has 1 heterocycles. The van der Waals surface area contributed by atoms with E-state index in [4.69, 9.17) is 9.84 Å². The van der Waals surface area contributed by atoms with E-state index in [1.54, 1.807) is 7.11 Å². The summed E-state index contributed by atoms with van der Waals surface area (Å²) >= 11 is 0. The molecule has 0 aliphatic heterocycles. The molecular formula is C18H23N3O3. The summed E-state index contributed by atoms with van der Waals surface area (Å²) in [4.78, 5) is 15.5. The minimum atomic E-state index is -0.944. The number of hydrogen-bond donors (Lipinski definition) is 3. The van der Waals surface area contributed by atoms with Gasteiger partial charge >= 0.3 is 6.09 Å². The Hall–Kier alpha value is -2.50. The van der Waals surface area contributed by atoms with Crippen molar-refractivity contribution in [1.82, 2.24) is 10.3 Å². The van der Waals surface area contributed by atoms with Crippen molar-refractivity contribution in [3.8, 4) is 5.75 Å². The van der Waals surface area contributed by atoms with Gasteiger partial charge in [0.2, 0.25) is 0 Å². The molecule has 2 aromatic rings. The number of nitrogens with one attached hydrogen (secondary N) is 2. The summed E-state index contributed by atoms with van der Waals surface area (Å²) in [5.41, 5.74) is 2.05. The van der Waals surface area contributed by atoms with Gasteiger partial charge in [0.15, 0.2) is 0 Å². The molecular weight excluding hydrogens is 306 g/mol. The van der Waals surface area contributed by atoms with E-state index < -0.39 is 6.09 Å². The van der Waals surface area contributed by atoms with Gasteiger partial charge in [0.25, 0.3) is 0 Å². The molecule has 0 saturated heterocycles. The normalized spacial score (nSPS) is 20.1. The number of aryl methyl sites for hydroxylation is 1. The summed E-state index contributed by atoms with van der Waals surface area (Å²) < 4.78 is 5.27. The van der Waals surface area contributed by atoms with Crippen LogP contribution in [0.25, 0.3) is 10.9 Å². The second-order valence-electron chi connectivity index (χ2n) is 6.34. The summed E-state index contributed by atoms with van der Waals surface area (Å²) in [6.07, 6.45) is 2.05. The number of methoxy groups -OCH3 is 1. The lowest BCUT2D eigenvalue weighted by molar-refractivity contribution is 0.187. The van der Waals surface area contributed by atoms with Gasteiger partial charge in [-0.15, -0.1) is 0 Å². The summed E-state index contributed by atoms with van der Waals surface area (Å²) in [7, 11) is 1.66. The van der Waals surface area contributed by atoms with E-state index in [1.807, 2.05) is 24.3 Å². The van der Waals surface area contributed by atoms with Gasteiger partial charge < -0.3 is 20.5 Å². The molecule has 2 atom stereocenters. The van der Waals surface area contributed by atoms with Crippen LogP contribution in [0.2, 0.25) is 0 Å². The highest BCUT2D eigenvalue weighted by atomic mass is 16.5. The predicted molar refractivity (Wildman–Crippen MR) is 93.8 cm³/mol. The third kappa shape index (κ3) is 3.53. The zero-order valence-corrected chi connectivity index (χ0v) is 14.0. The lowest BCUT2D eigenvalue weighted by atomic mass is 10.0. The zero-order valence-electron chi connectivity index (χ0n) is 14.0. The molecule has 0 spiro atoms. The smallest absolute Gasteiger partial charge is 0.404 e. The molecule has 1 aromatic carbocycles. The Morgan fingerprint density at radius 2 is 2.21 bits per heavy atom. The van der Waals surface area contributed by atoms with Crippen molar-refractivity contribution in [1.29, 1.82) is 0 Å². The first-order valence-corrected chi connectivity index (χ1v) is 8.25. The predicted octanol–water partition coefficient (Wildman–Crippen LogP) is 3.40. The number of rotatable bonds is 5. The molecule has 0 unspecified atom stereocenters. The van der Waals surface area contributed by atoms with Gasteiger partial charge in [-0.25, -0.2) is 9.78 Å². The maximum atomic E-state index is 10.9. The number of aromatic nitrogens is 1. The third-order valence-electron chi connectivity index (χ3n) is 4.74. The van der Waals surface area contributed by atoms with E-state index >= 15 is 0 Å². The van der Waals surface area contributed by atoms with E-state index in [0.29, 0.717) is 5.92 Å². The van der Waals surface area contributed by atoms with Gasteiger partial charge in [-0.1, -0.05) is 6.42 Å². The molecule has 128 valence electrons. The summed E-state index contributed by atoms with van der Waals surface area (Å²) in [6, 6.07) is 7.90. The van der Waals surface area contributed by atoms with Crippen LogP contribution in [0, 0.1) is 12.8 Å². The zero-order chi connectivity index (χ0) is 17.1. The van der Waals surface area contributed by atoms with Crippen LogP contribution >= 0.6 is 0 Å². The van der Waals surface area contributed by atoms with Crippen molar-refractivity contribution >= 4 is 22.8 Å². The highest BCUT2D eigenvalue weighted by molar-refractivity contribution is 5.85. The Kier molecular flexibility index (Phi) is 4.74. The van der Waals surface area contributed by atoms with Crippen molar-refractivity contribution in [2.75, 3.05) is 19.0 Å². The molecule has 3 rings (SSSR count). The first-order chi connectivity index (χ1) is 11.6. The number of carboxylic acid groups (broad SMARTS) is 1. The first kappa shape index (κ1) is 16.4. The number of benzene rings is 1. The summed E-state index contributed by atoms with van der Waals surface area (Å²) in [6.45, 7) is 2.78. The molecule has 1 aliphatic carbocycles. The van der Waals surface area contributed by atoms with Gasteiger partial charge in [-0.3, -0.25) is 0 Å². The van der Waals surface area contributed by atoms with Gasteiger partial charge in [0, 0.05) is 18.0 Å². The van der Waals surface area contributed by atoms with Crippen LogP contribution in [0.15, 0.2) is 24.3 Å². The summed E-state index contributed by atoms with van der Waals surface area (Å²) in [5.74, 6) is 1.95. The Balaban J connectivity index is 1.72. The fourth-order valence-corrected chi connectivity index (χ4v) is 3.46. The fourth-order valence-electron chi connectivity index (χ4n) is 3.46. The number of carbonyl (C=O) groups is 1. The highest BCUT2D eigenvalue weighted by Crippen LogP contribution is 2.27. The minimum Gasteiger partial charge on any atom is -0.497 e. The number of nitrogens with zero attached hydrogens (tertiary/aromatic N) is 1. The molecule has 1 aliphatic rings. The second kappa shape index (κ2) is 6.95. The quantitative estimate of drug-likeness (QED) is 0.783. The van der Waals surface area contributed by atoms with Crippen molar-refractivity contribution in [3.05, 3.63) is 29.8 Å². The lowest BCUT2D eigenvalue weighted by Crippen LogP contribution is -2.38. The lowest BCUT2D eigenvalue weighted by Gasteiger charge is -2.20. The van der Waals surface area contributed by atoms with Crippen LogP contribution in [-0.2, 0) is 0 Å². The van der Waals surface area contributed by atoms with Crippen molar-refractivity contribution in [2.24, 2.45) is 5.92 Å². The molecule has 0 bridgehead atoms. The van der Waals surface area contributed by atoms with Crippen molar-refractivity contribution < 1.29 is 14.6 Å². The molecule has 1 fully saturated rings. The largest absolute Gasteiger partial charge is 0.497 e. The molecule has 1 saturated carbocycles. The van der Waals surface area contributed by atoms with E-state index in [2.05, 4.69) is 22.5 Å². The van der Waals surface area contributed by atoms with Gasteiger partial charge in [0.1, 0.15) is 11.6 Å². The SMILES string of the molecule is COc1ccc2nc(NC[C@H]3CCC[C@@H]3NC(=O)O)cc(C)c2c1. The number of hydrogen-bond acceptors (Lipinski definition) is 4. The van der Waals surface area contributed by atoms with Gasteiger partial charge in [0.05, 0.1) is 12.6 Å². The monoisotopic (exact) mass is 329 g/mol. The number of fused-ring (bicyclic) bond motifs is 1. The van der Waals surface area contributed by atoms with Crippen LogP contribution < -0.4 is 15.4 Å². The van der Waals surface area contributed by atoms with E-state index in [1.165, 1.54) is 0 Å². The Morgan fingerprint density at radius 3 is 2.96 bits per heavy atom. The average molecular weight is 329 g/mol. The first-order valence-electron chi connectivity index (χ1n) is 8.25. The van der Waals surface area contributed by atoms with E-state index in [9.17, 15) is 4.79 Å². The Bertz CT molecular complexity index is 748. The molecule has 3 N–H and O–H groups in total. The standard InChI is InChI=1S/C18H23N3O3/c1-11-8-17(20-16-7-6-13(24-2)9-14(11)16)19-10-12-4-3-5-15(12)21-18(22)23/h6-9,12,15,21H,3-5,10H2,1-2H3,(H,19,20)(H,22,23)/t12-,15+/m1/s1. The molecule has 0 radical (unpaired) electrons. The van der Waals surface area contributed by atoms with Gasteiger partial charge in [-0.2, -0.15) is 0 Å². The molecule has 6 heteroatoms. The fraction of sp³-hybridized carbons (Fsp3) is 0.444. The molecule has 24 heavy (non-hydrogen) atoms. The molecule has 6 nitrogen and oxygen atoms in total. The molecule has 1 amide bonds. The van der Waals surface area contributed by atoms with Crippen LogP contribution in [0.1, 0.15) is 24.8 Å². The minimum absolute atomic E-state index is 0.0285. The number of amides is 1. The topological polar surface area (TPSA) is 83.5 Å². The van der Waals surface area contributed by atoms with Crippen LogP contribution in [0.5, 0.6) is 5.75 Å². The Morgan fingerprint density at radius 1 is 1.38 bits per heavy atom. The average Bonchev–Trinajstić information content (AvgIpc) is 2.99. The van der Waals surface area contributed by atoms with Gasteiger partial charge in [-0.05, 0) is 55.5 Å². The summed E-state index contributed by atoms with van der Waals surface area (Å²) in [5, 5.41) is 16.0. The van der Waals surface area contributed by atoms with Crippen LogP contribution in [0.3, 0.4) is 0 Å². The van der Waals surface area contributed by atoms with E-state index in [-0.39, 0.29) is 6.04 Å². The maximum absolute atomic E-state index is 10.9. The third-order valence-corrected chi connectivity index (χ3v) is 4.74. The number of pyridine rings is 1. The van der Waals surface area contributed by atoms with Crippen LogP contribution in [0.4, 0.5) is 10.6 Å². The maximum Gasteiger partial charge on any atom is 0.404 e. The van der Waals surface area contributed by atoms with Crippen LogP contribution in [-0.4, -0.2) is 35.9 Å². The van der Waals surface area contributed by atoms with Crippen molar-refractivity contribution in [3.63, 3.8) is 0 Å². The van der Waals surface area contributed by atoms with E-state index in [0.717, 1.165) is 53.8 Å².